The van der Waals surface area contributed by atoms with Gasteiger partial charge < -0.3 is 5.32 Å². The van der Waals surface area contributed by atoms with E-state index in [4.69, 9.17) is 11.6 Å². The molecule has 1 aromatic heterocycles. The Kier molecular flexibility index (Phi) is 4.56. The second kappa shape index (κ2) is 6.16. The molecule has 0 saturated carbocycles. The molecule has 0 saturated heterocycles. The molecule has 0 fully saturated rings. The molecule has 0 aliphatic rings. The lowest BCUT2D eigenvalue weighted by atomic mass is 10.1. The Labute approximate surface area is 119 Å². The van der Waals surface area contributed by atoms with Crippen LogP contribution in [-0.4, -0.2) is 15.8 Å². The summed E-state index contributed by atoms with van der Waals surface area (Å²) >= 11 is 8.19. The van der Waals surface area contributed by atoms with Gasteiger partial charge in [0.25, 0.3) is 0 Å². The van der Waals surface area contributed by atoms with E-state index in [1.165, 1.54) is 6.33 Å². The van der Waals surface area contributed by atoms with Gasteiger partial charge in [-0.3, -0.25) is 0 Å². The first-order valence-corrected chi connectivity index (χ1v) is 6.75. The van der Waals surface area contributed by atoms with Gasteiger partial charge in [0, 0.05) is 12.1 Å². The molecular weight excluding hydrogens is 349 g/mol. The van der Waals surface area contributed by atoms with Crippen LogP contribution in [0.1, 0.15) is 11.6 Å². The summed E-state index contributed by atoms with van der Waals surface area (Å²) in [5.74, 6) is 1.31. The number of halogens is 2. The molecule has 1 N–H and O–H groups in total. The molecule has 17 heavy (non-hydrogen) atoms. The molecule has 1 aromatic carbocycles. The molecule has 3 nitrogen and oxygen atoms in total. The van der Waals surface area contributed by atoms with Gasteiger partial charge in [0.05, 0.1) is 9.61 Å². The Bertz CT molecular complexity index is 478. The van der Waals surface area contributed by atoms with Crippen molar-refractivity contribution in [2.45, 2.75) is 6.04 Å². The molecule has 0 spiro atoms. The van der Waals surface area contributed by atoms with Crippen LogP contribution in [-0.2, 0) is 0 Å². The van der Waals surface area contributed by atoms with Gasteiger partial charge in [-0.15, -0.1) is 11.6 Å². The van der Waals surface area contributed by atoms with Gasteiger partial charge in [-0.2, -0.15) is 0 Å². The standard InChI is InChI=1S/C12H11ClIN3/c13-6-11(9-4-2-1-3-5-9)17-12-10(14)7-15-8-16-12/h1-5,7-8,11H,6H2,(H,15,16,17). The average molecular weight is 360 g/mol. The van der Waals surface area contributed by atoms with Gasteiger partial charge in [0.2, 0.25) is 0 Å². The number of alkyl halides is 1. The van der Waals surface area contributed by atoms with E-state index in [2.05, 4.69) is 37.9 Å². The number of rotatable bonds is 4. The van der Waals surface area contributed by atoms with Crippen LogP contribution < -0.4 is 5.32 Å². The summed E-state index contributed by atoms with van der Waals surface area (Å²) in [6.07, 6.45) is 3.30. The number of nitrogens with one attached hydrogen (secondary N) is 1. The number of anilines is 1. The number of benzene rings is 1. The van der Waals surface area contributed by atoms with E-state index >= 15 is 0 Å². The molecule has 2 aromatic rings. The summed E-state index contributed by atoms with van der Waals surface area (Å²) < 4.78 is 0.983. The van der Waals surface area contributed by atoms with Gasteiger partial charge in [-0.1, -0.05) is 30.3 Å². The third-order valence-corrected chi connectivity index (χ3v) is 3.43. The zero-order valence-electron chi connectivity index (χ0n) is 8.98. The predicted octanol–water partition coefficient (Wildman–Crippen LogP) is 3.47. The van der Waals surface area contributed by atoms with E-state index in [0.29, 0.717) is 5.88 Å². The van der Waals surface area contributed by atoms with E-state index in [1.54, 1.807) is 6.20 Å². The maximum Gasteiger partial charge on any atom is 0.143 e. The minimum Gasteiger partial charge on any atom is -0.361 e. The Morgan fingerprint density at radius 1 is 1.29 bits per heavy atom. The maximum absolute atomic E-state index is 6.00. The van der Waals surface area contributed by atoms with E-state index in [1.807, 2.05) is 30.3 Å². The largest absolute Gasteiger partial charge is 0.361 e. The SMILES string of the molecule is ClCC(Nc1ncncc1I)c1ccccc1. The van der Waals surface area contributed by atoms with Crippen molar-refractivity contribution in [3.05, 3.63) is 52.0 Å². The minimum atomic E-state index is 0.0567. The quantitative estimate of drug-likeness (QED) is 0.671. The molecule has 2 rings (SSSR count). The molecular formula is C12H11ClIN3. The number of nitrogens with zero attached hydrogens (tertiary/aromatic N) is 2. The normalized spacial score (nSPS) is 12.1. The predicted molar refractivity (Wildman–Crippen MR) is 78.3 cm³/mol. The lowest BCUT2D eigenvalue weighted by molar-refractivity contribution is 0.877. The van der Waals surface area contributed by atoms with E-state index in [-0.39, 0.29) is 6.04 Å². The highest BCUT2D eigenvalue weighted by Crippen LogP contribution is 2.22. The molecule has 0 aliphatic carbocycles. The first kappa shape index (κ1) is 12.6. The van der Waals surface area contributed by atoms with Crippen LogP contribution in [0.5, 0.6) is 0 Å². The summed E-state index contributed by atoms with van der Waals surface area (Å²) in [5.41, 5.74) is 1.15. The van der Waals surface area contributed by atoms with E-state index in [9.17, 15) is 0 Å². The number of hydrogen-bond donors (Lipinski definition) is 1. The molecule has 1 atom stereocenters. The van der Waals surface area contributed by atoms with Crippen LogP contribution in [0.3, 0.4) is 0 Å². The second-order valence-electron chi connectivity index (χ2n) is 3.48. The second-order valence-corrected chi connectivity index (χ2v) is 4.95. The van der Waals surface area contributed by atoms with Crippen molar-refractivity contribution < 1.29 is 0 Å². The number of hydrogen-bond acceptors (Lipinski definition) is 3. The third kappa shape index (κ3) is 3.29. The molecule has 0 aliphatic heterocycles. The van der Waals surface area contributed by atoms with Gasteiger partial charge >= 0.3 is 0 Å². The molecule has 0 amide bonds. The van der Waals surface area contributed by atoms with Gasteiger partial charge in [0.1, 0.15) is 12.1 Å². The highest BCUT2D eigenvalue weighted by atomic mass is 127. The summed E-state index contributed by atoms with van der Waals surface area (Å²) in [5, 5.41) is 3.32. The monoisotopic (exact) mass is 359 g/mol. The van der Waals surface area contributed by atoms with Crippen molar-refractivity contribution in [2.24, 2.45) is 0 Å². The van der Waals surface area contributed by atoms with Gasteiger partial charge in [0.15, 0.2) is 0 Å². The molecule has 0 radical (unpaired) electrons. The Morgan fingerprint density at radius 3 is 2.71 bits per heavy atom. The molecule has 1 heterocycles. The summed E-state index contributed by atoms with van der Waals surface area (Å²) in [6.45, 7) is 0. The van der Waals surface area contributed by atoms with Crippen molar-refractivity contribution >= 4 is 40.0 Å². The lowest BCUT2D eigenvalue weighted by Crippen LogP contribution is -2.14. The number of aromatic nitrogens is 2. The van der Waals surface area contributed by atoms with Gasteiger partial charge in [-0.25, -0.2) is 9.97 Å². The highest BCUT2D eigenvalue weighted by molar-refractivity contribution is 14.1. The first-order chi connectivity index (χ1) is 8.31. The smallest absolute Gasteiger partial charge is 0.143 e. The Hall–Kier alpha value is -0.880. The Morgan fingerprint density at radius 2 is 2.06 bits per heavy atom. The molecule has 1 unspecified atom stereocenters. The highest BCUT2D eigenvalue weighted by Gasteiger charge is 2.11. The fourth-order valence-corrected chi connectivity index (χ4v) is 2.19. The zero-order valence-corrected chi connectivity index (χ0v) is 11.9. The van der Waals surface area contributed by atoms with Crippen LogP contribution in [0.4, 0.5) is 5.82 Å². The zero-order chi connectivity index (χ0) is 12.1. The van der Waals surface area contributed by atoms with E-state index in [0.717, 1.165) is 15.0 Å². The third-order valence-electron chi connectivity index (χ3n) is 2.33. The van der Waals surface area contributed by atoms with Crippen molar-refractivity contribution in [3.63, 3.8) is 0 Å². The van der Waals surface area contributed by atoms with Crippen LogP contribution >= 0.6 is 34.2 Å². The fourth-order valence-electron chi connectivity index (χ4n) is 1.48. The molecule has 5 heteroatoms. The van der Waals surface area contributed by atoms with Crippen LogP contribution in [0, 0.1) is 3.57 Å². The fraction of sp³-hybridized carbons (Fsp3) is 0.167. The first-order valence-electron chi connectivity index (χ1n) is 5.14. The van der Waals surface area contributed by atoms with E-state index < -0.39 is 0 Å². The summed E-state index contributed by atoms with van der Waals surface area (Å²) in [4.78, 5) is 8.16. The average Bonchev–Trinajstić information content (AvgIpc) is 2.39. The molecule has 88 valence electrons. The van der Waals surface area contributed by atoms with Crippen molar-refractivity contribution in [3.8, 4) is 0 Å². The minimum absolute atomic E-state index is 0.0567. The summed E-state index contributed by atoms with van der Waals surface area (Å²) in [6, 6.07) is 10.1. The van der Waals surface area contributed by atoms with Crippen LogP contribution in [0.15, 0.2) is 42.9 Å². The van der Waals surface area contributed by atoms with Crippen molar-refractivity contribution in [2.75, 3.05) is 11.2 Å². The summed E-state index contributed by atoms with van der Waals surface area (Å²) in [7, 11) is 0. The Balaban J connectivity index is 2.19. The van der Waals surface area contributed by atoms with Crippen molar-refractivity contribution in [1.29, 1.82) is 0 Å². The lowest BCUT2D eigenvalue weighted by Gasteiger charge is -2.17. The topological polar surface area (TPSA) is 37.8 Å². The maximum atomic E-state index is 6.00. The van der Waals surface area contributed by atoms with Crippen molar-refractivity contribution in [1.82, 2.24) is 9.97 Å². The van der Waals surface area contributed by atoms with Crippen LogP contribution in [0.2, 0.25) is 0 Å². The molecule has 0 bridgehead atoms. The van der Waals surface area contributed by atoms with Gasteiger partial charge in [-0.05, 0) is 28.2 Å². The van der Waals surface area contributed by atoms with Crippen LogP contribution in [0.25, 0.3) is 0 Å².